The van der Waals surface area contributed by atoms with E-state index in [0.717, 1.165) is 53.9 Å². The summed E-state index contributed by atoms with van der Waals surface area (Å²) < 4.78 is 7.56. The van der Waals surface area contributed by atoms with Crippen LogP contribution in [-0.2, 0) is 11.8 Å². The summed E-state index contributed by atoms with van der Waals surface area (Å²) in [5.74, 6) is 3.15. The van der Waals surface area contributed by atoms with E-state index in [4.69, 9.17) is 4.74 Å². The molecule has 0 radical (unpaired) electrons. The Bertz CT molecular complexity index is 1080. The van der Waals surface area contributed by atoms with E-state index in [2.05, 4.69) is 38.7 Å². The van der Waals surface area contributed by atoms with E-state index >= 15 is 0 Å². The largest absolute Gasteiger partial charge is 0.462 e. The average molecular weight is 479 g/mol. The fourth-order valence-electron chi connectivity index (χ4n) is 5.09. The SMILES string of the molecule is C=COC(=C(C)C)c1nnc(SCCCN2CC3CCCN(c4cccc(C#N)c4)C3C2)n1C. The van der Waals surface area contributed by atoms with Crippen molar-refractivity contribution in [2.75, 3.05) is 36.8 Å². The molecule has 3 heterocycles. The Kier molecular flexibility index (Phi) is 7.96. The molecular formula is C26H34N6OS. The molecule has 2 fully saturated rings. The Balaban J connectivity index is 1.30. The lowest BCUT2D eigenvalue weighted by atomic mass is 9.91. The van der Waals surface area contributed by atoms with Gasteiger partial charge in [-0.15, -0.1) is 10.2 Å². The van der Waals surface area contributed by atoms with Crippen molar-refractivity contribution in [1.29, 1.82) is 5.26 Å². The number of thioether (sulfide) groups is 1. The molecule has 34 heavy (non-hydrogen) atoms. The number of nitrogens with zero attached hydrogens (tertiary/aromatic N) is 6. The number of anilines is 1. The van der Waals surface area contributed by atoms with Crippen molar-refractivity contribution >= 4 is 23.2 Å². The van der Waals surface area contributed by atoms with E-state index in [1.165, 1.54) is 31.3 Å². The van der Waals surface area contributed by atoms with Gasteiger partial charge in [-0.05, 0) is 69.3 Å². The van der Waals surface area contributed by atoms with Gasteiger partial charge in [0, 0.05) is 44.2 Å². The molecule has 2 aromatic rings. The lowest BCUT2D eigenvalue weighted by Crippen LogP contribution is -2.45. The van der Waals surface area contributed by atoms with Crippen molar-refractivity contribution in [2.45, 2.75) is 44.3 Å². The normalized spacial score (nSPS) is 20.0. The summed E-state index contributed by atoms with van der Waals surface area (Å²) in [6.45, 7) is 12.1. The van der Waals surface area contributed by atoms with Crippen LogP contribution in [0, 0.1) is 17.2 Å². The highest BCUT2D eigenvalue weighted by molar-refractivity contribution is 7.99. The highest BCUT2D eigenvalue weighted by atomic mass is 32.2. The van der Waals surface area contributed by atoms with Gasteiger partial charge in [0.15, 0.2) is 16.7 Å². The number of likely N-dealkylation sites (tertiary alicyclic amines) is 1. The predicted octanol–water partition coefficient (Wildman–Crippen LogP) is 4.68. The van der Waals surface area contributed by atoms with Gasteiger partial charge in [-0.25, -0.2) is 0 Å². The average Bonchev–Trinajstić information content (AvgIpc) is 3.43. The molecule has 180 valence electrons. The summed E-state index contributed by atoms with van der Waals surface area (Å²) in [4.78, 5) is 5.15. The van der Waals surface area contributed by atoms with Crippen LogP contribution in [-0.4, -0.2) is 57.6 Å². The maximum absolute atomic E-state index is 9.29. The Morgan fingerprint density at radius 3 is 2.94 bits per heavy atom. The second-order valence-corrected chi connectivity index (χ2v) is 10.3. The maximum Gasteiger partial charge on any atom is 0.200 e. The highest BCUT2D eigenvalue weighted by Gasteiger charge is 2.38. The van der Waals surface area contributed by atoms with E-state index in [9.17, 15) is 5.26 Å². The van der Waals surface area contributed by atoms with Crippen LogP contribution in [0.4, 0.5) is 5.69 Å². The minimum atomic E-state index is 0.545. The molecule has 0 spiro atoms. The van der Waals surface area contributed by atoms with Gasteiger partial charge in [0.2, 0.25) is 0 Å². The van der Waals surface area contributed by atoms with Gasteiger partial charge in [-0.1, -0.05) is 24.4 Å². The molecule has 0 amide bonds. The fourth-order valence-corrected chi connectivity index (χ4v) is 5.93. The molecule has 7 nitrogen and oxygen atoms in total. The van der Waals surface area contributed by atoms with Crippen molar-refractivity contribution in [3.63, 3.8) is 0 Å². The number of allylic oxidation sites excluding steroid dienone is 1. The van der Waals surface area contributed by atoms with Gasteiger partial charge in [0.1, 0.15) is 0 Å². The molecule has 0 bridgehead atoms. The number of aromatic nitrogens is 3. The molecule has 8 heteroatoms. The van der Waals surface area contributed by atoms with Crippen molar-refractivity contribution in [3.05, 3.63) is 54.1 Å². The molecule has 0 saturated carbocycles. The number of piperidine rings is 1. The zero-order chi connectivity index (χ0) is 24.1. The summed E-state index contributed by atoms with van der Waals surface area (Å²) in [6, 6.07) is 10.9. The Morgan fingerprint density at radius 1 is 1.32 bits per heavy atom. The minimum absolute atomic E-state index is 0.545. The molecule has 4 rings (SSSR count). The summed E-state index contributed by atoms with van der Waals surface area (Å²) in [5.41, 5.74) is 2.97. The molecule has 2 aliphatic rings. The first kappa shape index (κ1) is 24.4. The van der Waals surface area contributed by atoms with Gasteiger partial charge >= 0.3 is 0 Å². The minimum Gasteiger partial charge on any atom is -0.462 e. The molecule has 2 aliphatic heterocycles. The van der Waals surface area contributed by atoms with Crippen LogP contribution in [0.3, 0.4) is 0 Å². The lowest BCUT2D eigenvalue weighted by Gasteiger charge is -2.39. The molecule has 2 atom stereocenters. The van der Waals surface area contributed by atoms with Crippen molar-refractivity contribution in [1.82, 2.24) is 19.7 Å². The number of benzene rings is 1. The van der Waals surface area contributed by atoms with Gasteiger partial charge < -0.3 is 19.1 Å². The standard InChI is InChI=1S/C26H34N6OS/c1-5-33-24(19(2)3)25-28-29-26(30(25)4)34-14-8-12-31-17-21-10-7-13-32(23(21)18-31)22-11-6-9-20(15-22)16-27/h5-6,9,11,15,21,23H,1,7-8,10,12-14,17-18H2,2-4H3. The number of nitriles is 1. The molecular weight excluding hydrogens is 444 g/mol. The van der Waals surface area contributed by atoms with E-state index in [1.807, 2.05) is 43.7 Å². The quantitative estimate of drug-likeness (QED) is 0.294. The van der Waals surface area contributed by atoms with E-state index in [1.54, 1.807) is 11.8 Å². The summed E-state index contributed by atoms with van der Waals surface area (Å²) in [5, 5.41) is 18.9. The number of ether oxygens (including phenoxy) is 1. The first-order valence-corrected chi connectivity index (χ1v) is 13.0. The second-order valence-electron chi connectivity index (χ2n) is 9.27. The van der Waals surface area contributed by atoms with Crippen molar-refractivity contribution in [3.8, 4) is 6.07 Å². The molecule has 0 aliphatic carbocycles. The zero-order valence-electron chi connectivity index (χ0n) is 20.4. The second kappa shape index (κ2) is 11.1. The summed E-state index contributed by atoms with van der Waals surface area (Å²) in [6.07, 6.45) is 5.05. The molecule has 1 aromatic carbocycles. The van der Waals surface area contributed by atoms with Crippen LogP contribution in [0.1, 0.15) is 44.5 Å². The van der Waals surface area contributed by atoms with Gasteiger partial charge in [-0.3, -0.25) is 0 Å². The van der Waals surface area contributed by atoms with Gasteiger partial charge in [-0.2, -0.15) is 5.26 Å². The Morgan fingerprint density at radius 2 is 2.18 bits per heavy atom. The lowest BCUT2D eigenvalue weighted by molar-refractivity contribution is 0.322. The highest BCUT2D eigenvalue weighted by Crippen LogP contribution is 2.34. The van der Waals surface area contributed by atoms with Crippen LogP contribution in [0.15, 0.2) is 47.8 Å². The third-order valence-corrected chi connectivity index (χ3v) is 7.81. The number of hydrogen-bond acceptors (Lipinski definition) is 7. The predicted molar refractivity (Wildman–Crippen MR) is 137 cm³/mol. The Labute approximate surface area is 207 Å². The van der Waals surface area contributed by atoms with Crippen LogP contribution in [0.5, 0.6) is 0 Å². The molecule has 2 saturated heterocycles. The topological polar surface area (TPSA) is 70.2 Å². The van der Waals surface area contributed by atoms with Crippen LogP contribution in [0.2, 0.25) is 0 Å². The Hall–Kier alpha value is -2.76. The number of hydrogen-bond donors (Lipinski definition) is 0. The van der Waals surface area contributed by atoms with Crippen LogP contribution in [0.25, 0.3) is 5.76 Å². The summed E-state index contributed by atoms with van der Waals surface area (Å²) in [7, 11) is 1.98. The first-order chi connectivity index (χ1) is 16.5. The number of fused-ring (bicyclic) bond motifs is 1. The van der Waals surface area contributed by atoms with Crippen molar-refractivity contribution in [2.24, 2.45) is 13.0 Å². The monoisotopic (exact) mass is 478 g/mol. The maximum atomic E-state index is 9.29. The third-order valence-electron chi connectivity index (χ3n) is 6.71. The zero-order valence-corrected chi connectivity index (χ0v) is 21.2. The molecule has 2 unspecified atom stereocenters. The molecule has 0 N–H and O–H groups in total. The van der Waals surface area contributed by atoms with Gasteiger partial charge in [0.05, 0.1) is 17.9 Å². The van der Waals surface area contributed by atoms with Gasteiger partial charge in [0.25, 0.3) is 0 Å². The third kappa shape index (κ3) is 5.31. The van der Waals surface area contributed by atoms with Crippen LogP contribution >= 0.6 is 11.8 Å². The van der Waals surface area contributed by atoms with E-state index < -0.39 is 0 Å². The van der Waals surface area contributed by atoms with Crippen molar-refractivity contribution < 1.29 is 4.74 Å². The number of rotatable bonds is 9. The summed E-state index contributed by atoms with van der Waals surface area (Å²) >= 11 is 1.74. The van der Waals surface area contributed by atoms with Crippen LogP contribution < -0.4 is 4.90 Å². The first-order valence-electron chi connectivity index (χ1n) is 12.0. The molecule has 1 aromatic heterocycles. The van der Waals surface area contributed by atoms with E-state index in [0.29, 0.717) is 17.7 Å². The smallest absolute Gasteiger partial charge is 0.200 e. The van der Waals surface area contributed by atoms with E-state index in [-0.39, 0.29) is 0 Å². The fraction of sp³-hybridized carbons (Fsp3) is 0.500.